The molecule has 0 saturated carbocycles. The van der Waals surface area contributed by atoms with E-state index in [4.69, 9.17) is 4.42 Å². The van der Waals surface area contributed by atoms with Crippen LogP contribution in [-0.2, 0) is 14.8 Å². The molecule has 2 heterocycles. The number of rotatable bonds is 6. The molecule has 1 aliphatic heterocycles. The summed E-state index contributed by atoms with van der Waals surface area (Å²) in [6.45, 7) is 6.25. The number of hydrogen-bond acceptors (Lipinski definition) is 5. The first-order valence-electron chi connectivity index (χ1n) is 8.73. The maximum Gasteiger partial charge on any atom is 0.243 e. The largest absolute Gasteiger partial charge is 0.463 e. The molecule has 8 heteroatoms. The van der Waals surface area contributed by atoms with Gasteiger partial charge in [0.1, 0.15) is 0 Å². The highest BCUT2D eigenvalue weighted by molar-refractivity contribution is 7.89. The minimum absolute atomic E-state index is 0.150. The van der Waals surface area contributed by atoms with Gasteiger partial charge in [0.25, 0.3) is 0 Å². The average molecular weight is 389 g/mol. The molecule has 3 rings (SSSR count). The van der Waals surface area contributed by atoms with Gasteiger partial charge in [-0.05, 0) is 44.0 Å². The Labute approximate surface area is 159 Å². The lowest BCUT2D eigenvalue weighted by atomic mass is 9.99. The summed E-state index contributed by atoms with van der Waals surface area (Å²) >= 11 is 0. The fourth-order valence-electron chi connectivity index (χ4n) is 2.99. The van der Waals surface area contributed by atoms with Crippen LogP contribution < -0.4 is 10.9 Å². The summed E-state index contributed by atoms with van der Waals surface area (Å²) in [6.07, 6.45) is 2.77. The quantitative estimate of drug-likeness (QED) is 0.740. The maximum absolute atomic E-state index is 12.8. The van der Waals surface area contributed by atoms with Gasteiger partial charge in [0.05, 0.1) is 22.8 Å². The summed E-state index contributed by atoms with van der Waals surface area (Å²) < 4.78 is 32.3. The lowest BCUT2D eigenvalue weighted by molar-refractivity contribution is -0.126. The van der Waals surface area contributed by atoms with E-state index >= 15 is 0 Å². The van der Waals surface area contributed by atoms with E-state index in [0.29, 0.717) is 30.8 Å². The topological polar surface area (TPSA) is 91.6 Å². The van der Waals surface area contributed by atoms with Crippen molar-refractivity contribution in [3.63, 3.8) is 0 Å². The maximum atomic E-state index is 12.8. The molecule has 1 aromatic carbocycles. The predicted molar refractivity (Wildman–Crippen MR) is 102 cm³/mol. The van der Waals surface area contributed by atoms with E-state index < -0.39 is 15.9 Å². The van der Waals surface area contributed by atoms with Crippen molar-refractivity contribution in [2.45, 2.75) is 24.7 Å². The van der Waals surface area contributed by atoms with Crippen LogP contribution in [0.15, 0.2) is 58.6 Å². The van der Waals surface area contributed by atoms with E-state index in [2.05, 4.69) is 17.4 Å². The van der Waals surface area contributed by atoms with Gasteiger partial charge >= 0.3 is 0 Å². The van der Waals surface area contributed by atoms with E-state index in [1.54, 1.807) is 36.4 Å². The van der Waals surface area contributed by atoms with Crippen LogP contribution in [0.5, 0.6) is 0 Å². The molecule has 7 nitrogen and oxygen atoms in total. The van der Waals surface area contributed by atoms with Gasteiger partial charge in [-0.25, -0.2) is 8.42 Å². The Hall–Kier alpha value is -2.58. The number of nitrogens with one attached hydrogen (secondary N) is 2. The number of amides is 1. The lowest BCUT2D eigenvalue weighted by Gasteiger charge is -2.31. The Kier molecular flexibility index (Phi) is 5.67. The fraction of sp³-hybridized carbons (Fsp3) is 0.316. The van der Waals surface area contributed by atoms with Crippen LogP contribution in [0, 0.1) is 12.8 Å². The van der Waals surface area contributed by atoms with Crippen molar-refractivity contribution in [1.82, 2.24) is 15.2 Å². The number of benzene rings is 1. The molecule has 1 amide bonds. The second kappa shape index (κ2) is 7.98. The normalized spacial score (nSPS) is 18.0. The van der Waals surface area contributed by atoms with Crippen molar-refractivity contribution in [3.05, 3.63) is 60.6 Å². The lowest BCUT2D eigenvalue weighted by Crippen LogP contribution is -2.48. The number of aryl methyl sites for hydroxylation is 1. The second-order valence-corrected chi connectivity index (χ2v) is 8.52. The first kappa shape index (κ1) is 19.2. The number of piperidine rings is 1. The molecule has 1 fully saturated rings. The average Bonchev–Trinajstić information content (AvgIpc) is 3.21. The van der Waals surface area contributed by atoms with Crippen molar-refractivity contribution in [1.29, 1.82) is 0 Å². The van der Waals surface area contributed by atoms with Crippen LogP contribution in [0.3, 0.4) is 0 Å². The molecule has 0 spiro atoms. The summed E-state index contributed by atoms with van der Waals surface area (Å²) in [6, 6.07) is 10.2. The number of carbonyl (C=O) groups excluding carboxylic acids is 1. The molecular formula is C19H23N3O4S. The Balaban J connectivity index is 1.62. The molecule has 0 bridgehead atoms. The third-order valence-electron chi connectivity index (χ3n) is 4.57. The Morgan fingerprint density at radius 2 is 1.96 bits per heavy atom. The Bertz CT molecular complexity index is 905. The van der Waals surface area contributed by atoms with Gasteiger partial charge in [-0.15, -0.1) is 0 Å². The summed E-state index contributed by atoms with van der Waals surface area (Å²) in [5.74, 6) is -0.190. The second-order valence-electron chi connectivity index (χ2n) is 6.59. The molecule has 0 aliphatic carbocycles. The third kappa shape index (κ3) is 4.40. The minimum atomic E-state index is -3.61. The zero-order valence-electron chi connectivity index (χ0n) is 15.1. The molecule has 2 N–H and O–H groups in total. The summed E-state index contributed by atoms with van der Waals surface area (Å²) in [5, 5.41) is 0. The molecule has 0 radical (unpaired) electrons. The van der Waals surface area contributed by atoms with E-state index in [9.17, 15) is 13.2 Å². The fourth-order valence-corrected chi connectivity index (χ4v) is 4.51. The molecule has 1 saturated heterocycles. The highest BCUT2D eigenvalue weighted by Gasteiger charge is 2.33. The van der Waals surface area contributed by atoms with E-state index in [1.807, 2.05) is 6.92 Å². The molecule has 144 valence electrons. The van der Waals surface area contributed by atoms with Crippen molar-refractivity contribution in [2.24, 2.45) is 5.92 Å². The van der Waals surface area contributed by atoms with Crippen LogP contribution in [-0.4, -0.2) is 31.7 Å². The molecule has 27 heavy (non-hydrogen) atoms. The van der Waals surface area contributed by atoms with Crippen LogP contribution in [0.4, 0.5) is 0 Å². The number of hydrogen-bond donors (Lipinski definition) is 2. The minimum Gasteiger partial charge on any atom is -0.463 e. The summed E-state index contributed by atoms with van der Waals surface area (Å²) in [4.78, 5) is 12.7. The number of sulfonamides is 1. The van der Waals surface area contributed by atoms with Crippen LogP contribution >= 0.6 is 0 Å². The zero-order valence-corrected chi connectivity index (χ0v) is 16.0. The highest BCUT2D eigenvalue weighted by Crippen LogP contribution is 2.24. The van der Waals surface area contributed by atoms with Crippen molar-refractivity contribution in [3.8, 4) is 0 Å². The molecule has 1 aromatic heterocycles. The molecule has 1 atom stereocenters. The van der Waals surface area contributed by atoms with E-state index in [1.165, 1.54) is 10.6 Å². The van der Waals surface area contributed by atoms with Gasteiger partial charge < -0.3 is 4.42 Å². The van der Waals surface area contributed by atoms with Gasteiger partial charge in [-0.3, -0.25) is 15.6 Å². The van der Waals surface area contributed by atoms with Crippen LogP contribution in [0.25, 0.3) is 5.70 Å². The number of nitrogens with zero attached hydrogens (tertiary/aromatic N) is 1. The van der Waals surface area contributed by atoms with Crippen molar-refractivity contribution in [2.75, 3.05) is 13.1 Å². The van der Waals surface area contributed by atoms with Gasteiger partial charge in [-0.2, -0.15) is 4.31 Å². The van der Waals surface area contributed by atoms with E-state index in [-0.39, 0.29) is 17.3 Å². The van der Waals surface area contributed by atoms with Gasteiger partial charge in [0, 0.05) is 13.1 Å². The highest BCUT2D eigenvalue weighted by atomic mass is 32.2. The molecular weight excluding hydrogens is 366 g/mol. The first-order valence-corrected chi connectivity index (χ1v) is 10.2. The smallest absolute Gasteiger partial charge is 0.243 e. The third-order valence-corrected chi connectivity index (χ3v) is 6.45. The van der Waals surface area contributed by atoms with Gasteiger partial charge in [-0.1, -0.05) is 24.3 Å². The van der Waals surface area contributed by atoms with Gasteiger partial charge in [0.15, 0.2) is 5.76 Å². The number of hydrazine groups is 1. The molecule has 2 aromatic rings. The Morgan fingerprint density at radius 3 is 2.63 bits per heavy atom. The zero-order chi connectivity index (χ0) is 19.4. The monoisotopic (exact) mass is 389 g/mol. The van der Waals surface area contributed by atoms with Crippen LogP contribution in [0.1, 0.15) is 24.2 Å². The Morgan fingerprint density at radius 1 is 1.22 bits per heavy atom. The summed E-state index contributed by atoms with van der Waals surface area (Å²) in [7, 11) is -3.61. The first-order chi connectivity index (χ1) is 12.9. The molecule has 1 aliphatic rings. The number of carbonyl (C=O) groups is 1. The van der Waals surface area contributed by atoms with E-state index in [0.717, 1.165) is 5.56 Å². The van der Waals surface area contributed by atoms with Gasteiger partial charge in [0.2, 0.25) is 15.9 Å². The number of furan rings is 1. The van der Waals surface area contributed by atoms with Crippen LogP contribution in [0.2, 0.25) is 0 Å². The van der Waals surface area contributed by atoms with Crippen molar-refractivity contribution >= 4 is 21.6 Å². The summed E-state index contributed by atoms with van der Waals surface area (Å²) in [5.41, 5.74) is 6.73. The standard InChI is InChI=1S/C19H23N3O4S/c1-14-7-9-17(10-8-14)27(24,25)22-11-3-5-16(13-22)19(23)21-20-15(2)18-6-4-12-26-18/h4,6-10,12,16,20H,2-3,5,11,13H2,1H3,(H,21,23)/t16-/m1/s1. The van der Waals surface area contributed by atoms with Crippen molar-refractivity contribution < 1.29 is 17.6 Å². The SMILES string of the molecule is C=C(NNC(=O)[C@@H]1CCCN(S(=O)(=O)c2ccc(C)cc2)C1)c1ccco1. The predicted octanol–water partition coefficient (Wildman–Crippen LogP) is 2.28. The molecule has 0 unspecified atom stereocenters.